The van der Waals surface area contributed by atoms with E-state index in [0.717, 1.165) is 5.56 Å². The maximum Gasteiger partial charge on any atom is 0.339 e. The second-order valence-corrected chi connectivity index (χ2v) is 7.57. The van der Waals surface area contributed by atoms with Crippen molar-refractivity contribution in [2.24, 2.45) is 0 Å². The second kappa shape index (κ2) is 7.89. The molecule has 1 N–H and O–H groups in total. The Kier molecular flexibility index (Phi) is 5.30. The smallest absolute Gasteiger partial charge is 0.339 e. The number of fused-ring (bicyclic) bond motifs is 1. The summed E-state index contributed by atoms with van der Waals surface area (Å²) in [6.45, 7) is 0.644. The highest BCUT2D eigenvalue weighted by atomic mass is 35.5. The first-order valence-corrected chi connectivity index (χ1v) is 9.74. The van der Waals surface area contributed by atoms with Crippen LogP contribution in [0.5, 0.6) is 5.75 Å². The Bertz CT molecular complexity index is 1080. The van der Waals surface area contributed by atoms with Crippen LogP contribution in [-0.2, 0) is 10.4 Å². The van der Waals surface area contributed by atoms with Crippen LogP contribution in [0.4, 0.5) is 0 Å². The zero-order chi connectivity index (χ0) is 20.4. The van der Waals surface area contributed by atoms with Crippen molar-refractivity contribution in [1.29, 1.82) is 0 Å². The first-order valence-electron chi connectivity index (χ1n) is 9.36. The van der Waals surface area contributed by atoms with E-state index in [1.165, 1.54) is 6.07 Å². The quantitative estimate of drug-likeness (QED) is 0.663. The Hall–Kier alpha value is -2.83. The van der Waals surface area contributed by atoms with E-state index >= 15 is 0 Å². The number of carbonyl (C=O) groups excluding carboxylic acids is 1. The van der Waals surface area contributed by atoms with Gasteiger partial charge in [-0.3, -0.25) is 4.79 Å². The highest BCUT2D eigenvalue weighted by Crippen LogP contribution is 2.33. The summed E-state index contributed by atoms with van der Waals surface area (Å²) < 4.78 is 10.8. The number of halogens is 1. The number of para-hydroxylation sites is 1. The molecule has 4 rings (SSSR count). The van der Waals surface area contributed by atoms with Crippen molar-refractivity contribution in [1.82, 2.24) is 4.90 Å². The number of ether oxygens (including phenoxy) is 1. The lowest BCUT2D eigenvalue weighted by atomic mass is 9.84. The maximum absolute atomic E-state index is 12.6. The molecular weight excluding hydrogens is 394 g/mol. The summed E-state index contributed by atoms with van der Waals surface area (Å²) in [7, 11) is 0. The fraction of sp³-hybridized carbons (Fsp3) is 0.273. The van der Waals surface area contributed by atoms with Crippen LogP contribution in [0.25, 0.3) is 11.0 Å². The minimum Gasteiger partial charge on any atom is -0.483 e. The molecule has 150 valence electrons. The van der Waals surface area contributed by atoms with Gasteiger partial charge in [0.25, 0.3) is 5.91 Å². The van der Waals surface area contributed by atoms with Crippen molar-refractivity contribution < 1.29 is 19.1 Å². The van der Waals surface area contributed by atoms with E-state index in [-0.39, 0.29) is 12.5 Å². The molecule has 1 aliphatic rings. The van der Waals surface area contributed by atoms with Crippen LogP contribution < -0.4 is 10.4 Å². The van der Waals surface area contributed by atoms with Gasteiger partial charge in [-0.1, -0.05) is 35.9 Å². The maximum atomic E-state index is 12.6. The number of piperidine rings is 1. The summed E-state index contributed by atoms with van der Waals surface area (Å²) in [5.41, 5.74) is -0.296. The lowest BCUT2D eigenvalue weighted by Crippen LogP contribution is -2.46. The molecule has 0 radical (unpaired) electrons. The molecular formula is C22H20ClNO5. The van der Waals surface area contributed by atoms with E-state index < -0.39 is 11.2 Å². The first-order chi connectivity index (χ1) is 13.9. The summed E-state index contributed by atoms with van der Waals surface area (Å²) in [4.78, 5) is 25.9. The number of benzene rings is 2. The number of nitrogens with zero attached hydrogens (tertiary/aromatic N) is 1. The fourth-order valence-electron chi connectivity index (χ4n) is 3.61. The van der Waals surface area contributed by atoms with Crippen molar-refractivity contribution in [3.8, 4) is 5.75 Å². The minimum absolute atomic E-state index is 0.188. The molecule has 7 heteroatoms. The van der Waals surface area contributed by atoms with Crippen LogP contribution in [0.3, 0.4) is 0 Å². The van der Waals surface area contributed by atoms with Crippen LogP contribution in [0, 0.1) is 0 Å². The van der Waals surface area contributed by atoms with Gasteiger partial charge in [-0.25, -0.2) is 4.79 Å². The van der Waals surface area contributed by atoms with Gasteiger partial charge in [0.1, 0.15) is 11.3 Å². The SMILES string of the molecule is O=C(COc1cc(=O)oc2ccccc12)N1CCC(O)(c2ccc(Cl)cc2)CC1. The van der Waals surface area contributed by atoms with E-state index in [4.69, 9.17) is 20.8 Å². The molecule has 1 fully saturated rings. The number of aliphatic hydroxyl groups is 1. The molecule has 0 aliphatic carbocycles. The third kappa shape index (κ3) is 4.13. The third-order valence-electron chi connectivity index (χ3n) is 5.29. The molecule has 2 heterocycles. The van der Waals surface area contributed by atoms with Gasteiger partial charge in [-0.15, -0.1) is 0 Å². The van der Waals surface area contributed by atoms with Gasteiger partial charge in [0.2, 0.25) is 0 Å². The molecule has 1 amide bonds. The first kappa shape index (κ1) is 19.5. The molecule has 2 aromatic carbocycles. The molecule has 0 saturated carbocycles. The summed E-state index contributed by atoms with van der Waals surface area (Å²) in [5, 5.41) is 12.2. The minimum atomic E-state index is -0.975. The zero-order valence-corrected chi connectivity index (χ0v) is 16.4. The Morgan fingerprint density at radius 1 is 1.14 bits per heavy atom. The van der Waals surface area contributed by atoms with Crippen molar-refractivity contribution >= 4 is 28.5 Å². The van der Waals surface area contributed by atoms with E-state index in [2.05, 4.69) is 0 Å². The fourth-order valence-corrected chi connectivity index (χ4v) is 3.73. The van der Waals surface area contributed by atoms with Crippen LogP contribution in [0.2, 0.25) is 5.02 Å². The van der Waals surface area contributed by atoms with Crippen LogP contribution in [0.15, 0.2) is 63.8 Å². The van der Waals surface area contributed by atoms with Crippen LogP contribution in [-0.4, -0.2) is 35.6 Å². The van der Waals surface area contributed by atoms with Crippen LogP contribution >= 0.6 is 11.6 Å². The van der Waals surface area contributed by atoms with Crippen molar-refractivity contribution in [3.05, 3.63) is 75.6 Å². The molecule has 3 aromatic rings. The predicted molar refractivity (Wildman–Crippen MR) is 109 cm³/mol. The summed E-state index contributed by atoms with van der Waals surface area (Å²) in [5.74, 6) is 0.125. The largest absolute Gasteiger partial charge is 0.483 e. The second-order valence-electron chi connectivity index (χ2n) is 7.13. The van der Waals surface area contributed by atoms with Crippen molar-refractivity contribution in [2.75, 3.05) is 19.7 Å². The molecule has 1 aliphatic heterocycles. The average molecular weight is 414 g/mol. The molecule has 1 aromatic heterocycles. The highest BCUT2D eigenvalue weighted by Gasteiger charge is 2.35. The van der Waals surface area contributed by atoms with Gasteiger partial charge in [-0.05, 0) is 42.7 Å². The van der Waals surface area contributed by atoms with Gasteiger partial charge < -0.3 is 19.2 Å². The molecule has 6 nitrogen and oxygen atoms in total. The summed E-state index contributed by atoms with van der Waals surface area (Å²) in [6.07, 6.45) is 0.858. The van der Waals surface area contributed by atoms with E-state index in [1.54, 1.807) is 41.3 Å². The zero-order valence-electron chi connectivity index (χ0n) is 15.6. The van der Waals surface area contributed by atoms with Gasteiger partial charge >= 0.3 is 5.63 Å². The normalized spacial score (nSPS) is 16.0. The Labute approximate surface area is 172 Å². The van der Waals surface area contributed by atoms with E-state index in [1.807, 2.05) is 12.1 Å². The average Bonchev–Trinajstić information content (AvgIpc) is 2.72. The van der Waals surface area contributed by atoms with Gasteiger partial charge in [0.15, 0.2) is 6.61 Å². The molecule has 0 spiro atoms. The predicted octanol–water partition coefficient (Wildman–Crippen LogP) is 3.34. The number of carbonyl (C=O) groups is 1. The molecule has 1 saturated heterocycles. The van der Waals surface area contributed by atoms with E-state index in [9.17, 15) is 14.7 Å². The lowest BCUT2D eigenvalue weighted by Gasteiger charge is -2.38. The lowest BCUT2D eigenvalue weighted by molar-refractivity contribution is -0.137. The highest BCUT2D eigenvalue weighted by molar-refractivity contribution is 6.30. The van der Waals surface area contributed by atoms with Gasteiger partial charge in [0, 0.05) is 18.1 Å². The molecule has 0 atom stereocenters. The Balaban J connectivity index is 1.40. The molecule has 29 heavy (non-hydrogen) atoms. The number of hydrogen-bond acceptors (Lipinski definition) is 5. The summed E-state index contributed by atoms with van der Waals surface area (Å²) in [6, 6.07) is 15.4. The topological polar surface area (TPSA) is 80.0 Å². The van der Waals surface area contributed by atoms with Crippen LogP contribution in [0.1, 0.15) is 18.4 Å². The number of rotatable bonds is 4. The van der Waals surface area contributed by atoms with Gasteiger partial charge in [0.05, 0.1) is 17.1 Å². The Morgan fingerprint density at radius 2 is 1.83 bits per heavy atom. The molecule has 0 bridgehead atoms. The number of amides is 1. The molecule has 0 unspecified atom stereocenters. The third-order valence-corrected chi connectivity index (χ3v) is 5.54. The summed E-state index contributed by atoms with van der Waals surface area (Å²) >= 11 is 5.92. The monoisotopic (exact) mass is 413 g/mol. The van der Waals surface area contributed by atoms with E-state index in [0.29, 0.717) is 47.7 Å². The standard InChI is InChI=1S/C22H20ClNO5/c23-16-7-5-15(6-8-16)22(27)9-11-24(12-10-22)20(25)14-28-19-13-21(26)29-18-4-2-1-3-17(18)19/h1-8,13,27H,9-12,14H2. The number of hydrogen-bond donors (Lipinski definition) is 1. The van der Waals surface area contributed by atoms with Crippen molar-refractivity contribution in [3.63, 3.8) is 0 Å². The Morgan fingerprint density at radius 3 is 2.55 bits per heavy atom. The number of likely N-dealkylation sites (tertiary alicyclic amines) is 1. The van der Waals surface area contributed by atoms with Crippen molar-refractivity contribution in [2.45, 2.75) is 18.4 Å². The van der Waals surface area contributed by atoms with Gasteiger partial charge in [-0.2, -0.15) is 0 Å².